The minimum Gasteiger partial charge on any atom is -0.395 e. The predicted octanol–water partition coefficient (Wildman–Crippen LogP) is 2.20. The van der Waals surface area contributed by atoms with Crippen molar-refractivity contribution in [3.63, 3.8) is 0 Å². The summed E-state index contributed by atoms with van der Waals surface area (Å²) in [5.74, 6) is 0. The Labute approximate surface area is 143 Å². The summed E-state index contributed by atoms with van der Waals surface area (Å²) in [5, 5.41) is 19.6. The van der Waals surface area contributed by atoms with Crippen LogP contribution in [0.2, 0.25) is 0 Å². The molecule has 0 radical (unpaired) electrons. The third-order valence-corrected chi connectivity index (χ3v) is 4.74. The van der Waals surface area contributed by atoms with Crippen molar-refractivity contribution in [3.05, 3.63) is 71.8 Å². The molecule has 4 heteroatoms. The van der Waals surface area contributed by atoms with Gasteiger partial charge in [0, 0.05) is 12.6 Å². The topological polar surface area (TPSA) is 52.9 Å². The molecule has 2 N–H and O–H groups in total. The van der Waals surface area contributed by atoms with Gasteiger partial charge in [0.1, 0.15) is 0 Å². The molecule has 0 saturated carbocycles. The molecule has 2 aromatic rings. The van der Waals surface area contributed by atoms with Crippen LogP contribution < -0.4 is 0 Å². The number of hydrogen-bond donors (Lipinski definition) is 2. The second kappa shape index (κ2) is 8.40. The van der Waals surface area contributed by atoms with Crippen molar-refractivity contribution in [2.24, 2.45) is 0 Å². The van der Waals surface area contributed by atoms with Gasteiger partial charge in [-0.3, -0.25) is 4.90 Å². The number of hydrogen-bond acceptors (Lipinski definition) is 4. The zero-order chi connectivity index (χ0) is 16.8. The number of benzene rings is 2. The number of aliphatic hydroxyl groups excluding tert-OH is 2. The number of nitrogens with zero attached hydrogens (tertiary/aromatic N) is 1. The molecule has 3 rings (SSSR count). The second-order valence-corrected chi connectivity index (χ2v) is 6.32. The van der Waals surface area contributed by atoms with Crippen LogP contribution in [0.5, 0.6) is 0 Å². The van der Waals surface area contributed by atoms with Crippen molar-refractivity contribution < 1.29 is 14.9 Å². The first-order valence-electron chi connectivity index (χ1n) is 8.48. The van der Waals surface area contributed by atoms with E-state index in [-0.39, 0.29) is 31.4 Å². The van der Waals surface area contributed by atoms with Gasteiger partial charge in [-0.1, -0.05) is 60.7 Å². The van der Waals surface area contributed by atoms with E-state index in [4.69, 9.17) is 4.74 Å². The van der Waals surface area contributed by atoms with Gasteiger partial charge in [-0.05, 0) is 17.5 Å². The summed E-state index contributed by atoms with van der Waals surface area (Å²) < 4.78 is 6.08. The summed E-state index contributed by atoms with van der Waals surface area (Å²) in [6.07, 6.45) is 0.664. The summed E-state index contributed by atoms with van der Waals surface area (Å²) in [6, 6.07) is 20.1. The fraction of sp³-hybridized carbons (Fsp3) is 0.400. The molecule has 1 unspecified atom stereocenters. The number of rotatable bonds is 7. The average molecular weight is 327 g/mol. The Bertz CT molecular complexity index is 605. The van der Waals surface area contributed by atoms with Gasteiger partial charge in [0.2, 0.25) is 0 Å². The number of aliphatic hydroxyl groups is 2. The maximum absolute atomic E-state index is 9.89. The Kier molecular flexibility index (Phi) is 5.99. The highest BCUT2D eigenvalue weighted by Crippen LogP contribution is 2.29. The van der Waals surface area contributed by atoms with Crippen LogP contribution in [0.15, 0.2) is 60.7 Å². The van der Waals surface area contributed by atoms with E-state index in [1.807, 2.05) is 48.5 Å². The first kappa shape index (κ1) is 17.1. The number of ether oxygens (including phenoxy) is 1. The van der Waals surface area contributed by atoms with Crippen LogP contribution in [0.3, 0.4) is 0 Å². The molecule has 1 aliphatic heterocycles. The van der Waals surface area contributed by atoms with Gasteiger partial charge in [0.05, 0.1) is 32.0 Å². The first-order chi connectivity index (χ1) is 11.8. The highest BCUT2D eigenvalue weighted by Gasteiger charge is 2.41. The third kappa shape index (κ3) is 4.02. The van der Waals surface area contributed by atoms with Crippen LogP contribution in [-0.4, -0.2) is 46.5 Å². The van der Waals surface area contributed by atoms with E-state index in [9.17, 15) is 10.2 Å². The molecule has 0 bridgehead atoms. The lowest BCUT2D eigenvalue weighted by Crippen LogP contribution is -2.42. The SMILES string of the molecule is OC[C@H]1CC(OCc2ccccc2)[C@@H](CO)N1Cc1ccccc1. The molecule has 3 atom stereocenters. The zero-order valence-corrected chi connectivity index (χ0v) is 13.8. The van der Waals surface area contributed by atoms with Crippen molar-refractivity contribution in [1.82, 2.24) is 4.90 Å². The molecule has 0 spiro atoms. The highest BCUT2D eigenvalue weighted by atomic mass is 16.5. The van der Waals surface area contributed by atoms with Gasteiger partial charge < -0.3 is 14.9 Å². The van der Waals surface area contributed by atoms with E-state index < -0.39 is 0 Å². The van der Waals surface area contributed by atoms with Gasteiger partial charge in [0.25, 0.3) is 0 Å². The van der Waals surface area contributed by atoms with E-state index in [0.29, 0.717) is 13.2 Å². The molecule has 1 heterocycles. The van der Waals surface area contributed by atoms with Gasteiger partial charge in [-0.15, -0.1) is 0 Å². The zero-order valence-electron chi connectivity index (χ0n) is 13.8. The molecule has 1 aliphatic rings. The lowest BCUT2D eigenvalue weighted by molar-refractivity contribution is -0.00583. The summed E-state index contributed by atoms with van der Waals surface area (Å²) in [4.78, 5) is 2.17. The minimum absolute atomic E-state index is 0.0168. The normalized spacial score (nSPS) is 24.3. The van der Waals surface area contributed by atoms with Crippen LogP contribution >= 0.6 is 0 Å². The molecule has 1 fully saturated rings. The monoisotopic (exact) mass is 327 g/mol. The standard InChI is InChI=1S/C20H25NO3/c22-13-18-11-20(24-15-17-9-5-2-6-10-17)19(14-23)21(18)12-16-7-3-1-4-8-16/h1-10,18-20,22-23H,11-15H2/t18-,19-,20?/m1/s1. The molecule has 0 aromatic heterocycles. The van der Waals surface area contributed by atoms with Crippen molar-refractivity contribution in [1.29, 1.82) is 0 Å². The van der Waals surface area contributed by atoms with Gasteiger partial charge in [-0.2, -0.15) is 0 Å². The fourth-order valence-electron chi connectivity index (χ4n) is 3.44. The van der Waals surface area contributed by atoms with Crippen molar-refractivity contribution in [2.45, 2.75) is 37.8 Å². The van der Waals surface area contributed by atoms with Crippen LogP contribution in [0.1, 0.15) is 17.5 Å². The van der Waals surface area contributed by atoms with Gasteiger partial charge >= 0.3 is 0 Å². The van der Waals surface area contributed by atoms with Crippen molar-refractivity contribution in [2.75, 3.05) is 13.2 Å². The molecule has 128 valence electrons. The van der Waals surface area contributed by atoms with Gasteiger partial charge in [0.15, 0.2) is 0 Å². The Hall–Kier alpha value is -1.72. The summed E-state index contributed by atoms with van der Waals surface area (Å²) in [6.45, 7) is 1.35. The lowest BCUT2D eigenvalue weighted by Gasteiger charge is -2.29. The van der Waals surface area contributed by atoms with E-state index >= 15 is 0 Å². The largest absolute Gasteiger partial charge is 0.395 e. The van der Waals surface area contributed by atoms with Gasteiger partial charge in [-0.25, -0.2) is 0 Å². The molecular weight excluding hydrogens is 302 g/mol. The third-order valence-electron chi connectivity index (χ3n) is 4.74. The van der Waals surface area contributed by atoms with E-state index in [1.165, 1.54) is 5.56 Å². The van der Waals surface area contributed by atoms with E-state index in [2.05, 4.69) is 17.0 Å². The molecular formula is C20H25NO3. The Balaban J connectivity index is 1.67. The Morgan fingerprint density at radius 2 is 1.50 bits per heavy atom. The highest BCUT2D eigenvalue weighted by molar-refractivity contribution is 5.16. The maximum atomic E-state index is 9.89. The maximum Gasteiger partial charge on any atom is 0.0773 e. The summed E-state index contributed by atoms with van der Waals surface area (Å²) in [7, 11) is 0. The molecule has 0 aliphatic carbocycles. The molecule has 24 heavy (non-hydrogen) atoms. The number of likely N-dealkylation sites (tertiary alicyclic amines) is 1. The van der Waals surface area contributed by atoms with Crippen LogP contribution in [0, 0.1) is 0 Å². The molecule has 1 saturated heterocycles. The molecule has 0 amide bonds. The Morgan fingerprint density at radius 1 is 0.875 bits per heavy atom. The molecule has 4 nitrogen and oxygen atoms in total. The quantitative estimate of drug-likeness (QED) is 0.819. The minimum atomic E-state index is -0.0916. The fourth-order valence-corrected chi connectivity index (χ4v) is 3.44. The van der Waals surface area contributed by atoms with E-state index in [1.54, 1.807) is 0 Å². The van der Waals surface area contributed by atoms with Crippen LogP contribution in [0.25, 0.3) is 0 Å². The summed E-state index contributed by atoms with van der Waals surface area (Å²) >= 11 is 0. The second-order valence-electron chi connectivity index (χ2n) is 6.32. The Morgan fingerprint density at radius 3 is 2.08 bits per heavy atom. The van der Waals surface area contributed by atoms with Crippen LogP contribution in [0.4, 0.5) is 0 Å². The molecule has 2 aromatic carbocycles. The average Bonchev–Trinajstić information content (AvgIpc) is 2.98. The van der Waals surface area contributed by atoms with Crippen LogP contribution in [-0.2, 0) is 17.9 Å². The first-order valence-corrected chi connectivity index (χ1v) is 8.48. The summed E-state index contributed by atoms with van der Waals surface area (Å²) in [5.41, 5.74) is 2.30. The van der Waals surface area contributed by atoms with Crippen molar-refractivity contribution in [3.8, 4) is 0 Å². The van der Waals surface area contributed by atoms with Crippen molar-refractivity contribution >= 4 is 0 Å². The van der Waals surface area contributed by atoms with E-state index in [0.717, 1.165) is 12.0 Å². The smallest absolute Gasteiger partial charge is 0.0773 e. The lowest BCUT2D eigenvalue weighted by atomic mass is 10.1. The predicted molar refractivity (Wildman–Crippen MR) is 93.4 cm³/mol.